The van der Waals surface area contributed by atoms with Crippen molar-refractivity contribution in [2.24, 2.45) is 5.73 Å². The molecule has 1 heterocycles. The van der Waals surface area contributed by atoms with E-state index in [0.717, 1.165) is 12.0 Å². The zero-order valence-corrected chi connectivity index (χ0v) is 10.8. The second-order valence-electron chi connectivity index (χ2n) is 3.97. The van der Waals surface area contributed by atoms with Crippen LogP contribution in [-0.4, -0.2) is 22.8 Å². The summed E-state index contributed by atoms with van der Waals surface area (Å²) in [6, 6.07) is -0.601. The first-order chi connectivity index (χ1) is 8.60. The minimum absolute atomic E-state index is 0.134. The Kier molecular flexibility index (Phi) is 5.19. The number of carbonyl (C=O) groups is 2. The standard InChI is InChI=1S/C14H18N2O2/c1-3-5-7-11-8-6-9-13(17)16(10-11)12(4-2)14(15)18/h6,8,10,12H,3-4,9H2,1-2H3,(H2,15,18). The number of carbonyl (C=O) groups excluding carboxylic acids is 2. The van der Waals surface area contributed by atoms with Gasteiger partial charge < -0.3 is 10.6 Å². The first-order valence-corrected chi connectivity index (χ1v) is 6.07. The average Bonchev–Trinajstić information content (AvgIpc) is 2.50. The molecule has 1 rings (SSSR count). The van der Waals surface area contributed by atoms with E-state index in [4.69, 9.17) is 5.73 Å². The predicted molar refractivity (Wildman–Crippen MR) is 70.0 cm³/mol. The molecule has 18 heavy (non-hydrogen) atoms. The van der Waals surface area contributed by atoms with E-state index in [2.05, 4.69) is 11.8 Å². The Bertz CT molecular complexity index is 452. The zero-order chi connectivity index (χ0) is 13.5. The van der Waals surface area contributed by atoms with Crippen molar-refractivity contribution in [3.8, 4) is 11.8 Å². The summed E-state index contributed by atoms with van der Waals surface area (Å²) < 4.78 is 0. The smallest absolute Gasteiger partial charge is 0.240 e. The second kappa shape index (κ2) is 6.65. The van der Waals surface area contributed by atoms with Crippen LogP contribution in [0.15, 0.2) is 23.9 Å². The molecule has 1 atom stereocenters. The molecule has 1 aliphatic heterocycles. The Labute approximate surface area is 108 Å². The van der Waals surface area contributed by atoms with Crippen LogP contribution in [0.2, 0.25) is 0 Å². The molecule has 2 N–H and O–H groups in total. The topological polar surface area (TPSA) is 63.4 Å². The summed E-state index contributed by atoms with van der Waals surface area (Å²) in [6.07, 6.45) is 6.67. The summed E-state index contributed by atoms with van der Waals surface area (Å²) in [4.78, 5) is 24.7. The molecule has 4 nitrogen and oxygen atoms in total. The van der Waals surface area contributed by atoms with Crippen LogP contribution >= 0.6 is 0 Å². The highest BCUT2D eigenvalue weighted by atomic mass is 16.2. The molecular weight excluding hydrogens is 228 g/mol. The van der Waals surface area contributed by atoms with Crippen LogP contribution < -0.4 is 5.73 Å². The van der Waals surface area contributed by atoms with Crippen molar-refractivity contribution >= 4 is 11.8 Å². The second-order valence-corrected chi connectivity index (χ2v) is 3.97. The van der Waals surface area contributed by atoms with Gasteiger partial charge in [0.1, 0.15) is 6.04 Å². The van der Waals surface area contributed by atoms with Crippen molar-refractivity contribution in [1.82, 2.24) is 4.90 Å². The fourth-order valence-electron chi connectivity index (χ4n) is 1.72. The molecule has 0 aromatic carbocycles. The molecule has 4 heteroatoms. The Morgan fingerprint density at radius 2 is 2.28 bits per heavy atom. The number of nitrogens with two attached hydrogens (primary N) is 1. The summed E-state index contributed by atoms with van der Waals surface area (Å²) in [6.45, 7) is 3.78. The summed E-state index contributed by atoms with van der Waals surface area (Å²) in [5.74, 6) is 5.27. The molecule has 0 aliphatic carbocycles. The van der Waals surface area contributed by atoms with Crippen LogP contribution in [0.1, 0.15) is 33.1 Å². The zero-order valence-electron chi connectivity index (χ0n) is 10.8. The number of primary amides is 1. The van der Waals surface area contributed by atoms with Crippen LogP contribution in [0.4, 0.5) is 0 Å². The Morgan fingerprint density at radius 1 is 1.56 bits per heavy atom. The van der Waals surface area contributed by atoms with Gasteiger partial charge in [-0.15, -0.1) is 0 Å². The van der Waals surface area contributed by atoms with Gasteiger partial charge in [-0.3, -0.25) is 9.59 Å². The van der Waals surface area contributed by atoms with Crippen molar-refractivity contribution in [3.05, 3.63) is 23.9 Å². The van der Waals surface area contributed by atoms with Crippen LogP contribution in [0, 0.1) is 11.8 Å². The van der Waals surface area contributed by atoms with Crippen LogP contribution in [0.3, 0.4) is 0 Å². The lowest BCUT2D eigenvalue weighted by Gasteiger charge is -2.24. The summed E-state index contributed by atoms with van der Waals surface area (Å²) in [5, 5.41) is 0. The summed E-state index contributed by atoms with van der Waals surface area (Å²) in [5.41, 5.74) is 6.04. The molecule has 0 fully saturated rings. The van der Waals surface area contributed by atoms with Gasteiger partial charge in [0, 0.05) is 24.6 Å². The van der Waals surface area contributed by atoms with E-state index in [-0.39, 0.29) is 12.3 Å². The largest absolute Gasteiger partial charge is 0.368 e. The SMILES string of the molecule is CCC#CC1=CN(C(CC)C(N)=O)C(=O)CC=C1. The van der Waals surface area contributed by atoms with Gasteiger partial charge in [0.25, 0.3) is 0 Å². The van der Waals surface area contributed by atoms with Gasteiger partial charge >= 0.3 is 0 Å². The third-order valence-electron chi connectivity index (χ3n) is 2.62. The van der Waals surface area contributed by atoms with Gasteiger partial charge in [0.05, 0.1) is 0 Å². The molecule has 96 valence electrons. The Hall–Kier alpha value is -2.02. The van der Waals surface area contributed by atoms with Crippen molar-refractivity contribution in [2.45, 2.75) is 39.2 Å². The van der Waals surface area contributed by atoms with E-state index in [1.165, 1.54) is 4.90 Å². The van der Waals surface area contributed by atoms with Gasteiger partial charge in [-0.05, 0) is 12.5 Å². The fraction of sp³-hybridized carbons (Fsp3) is 0.429. The molecule has 1 unspecified atom stereocenters. The number of hydrogen-bond donors (Lipinski definition) is 1. The van der Waals surface area contributed by atoms with Gasteiger partial charge in [0.2, 0.25) is 11.8 Å². The maximum atomic E-state index is 11.9. The van der Waals surface area contributed by atoms with Gasteiger partial charge in [-0.2, -0.15) is 0 Å². The van der Waals surface area contributed by atoms with Crippen LogP contribution in [-0.2, 0) is 9.59 Å². The van der Waals surface area contributed by atoms with E-state index in [1.807, 2.05) is 13.8 Å². The number of rotatable bonds is 3. The first-order valence-electron chi connectivity index (χ1n) is 6.07. The van der Waals surface area contributed by atoms with Crippen molar-refractivity contribution in [1.29, 1.82) is 0 Å². The molecule has 1 aliphatic rings. The third-order valence-corrected chi connectivity index (χ3v) is 2.62. The van der Waals surface area contributed by atoms with Crippen molar-refractivity contribution in [2.75, 3.05) is 0 Å². The van der Waals surface area contributed by atoms with E-state index in [0.29, 0.717) is 6.42 Å². The lowest BCUT2D eigenvalue weighted by molar-refractivity contribution is -0.135. The normalized spacial score (nSPS) is 16.4. The predicted octanol–water partition coefficient (Wildman–Crippen LogP) is 1.34. The molecular formula is C14H18N2O2. The highest BCUT2D eigenvalue weighted by Crippen LogP contribution is 2.14. The number of hydrogen-bond acceptors (Lipinski definition) is 2. The molecule has 0 bridgehead atoms. The monoisotopic (exact) mass is 246 g/mol. The highest BCUT2D eigenvalue weighted by Gasteiger charge is 2.25. The minimum atomic E-state index is -0.601. The van der Waals surface area contributed by atoms with Gasteiger partial charge in [-0.25, -0.2) is 0 Å². The van der Waals surface area contributed by atoms with E-state index >= 15 is 0 Å². The molecule has 0 spiro atoms. The number of nitrogens with zero attached hydrogens (tertiary/aromatic N) is 1. The lowest BCUT2D eigenvalue weighted by Crippen LogP contribution is -2.44. The molecule has 0 saturated heterocycles. The quantitative estimate of drug-likeness (QED) is 0.764. The average molecular weight is 246 g/mol. The molecule has 0 saturated carbocycles. The summed E-state index contributed by atoms with van der Waals surface area (Å²) in [7, 11) is 0. The molecule has 2 amide bonds. The number of allylic oxidation sites excluding steroid dienone is 2. The van der Waals surface area contributed by atoms with Crippen LogP contribution in [0.25, 0.3) is 0 Å². The first kappa shape index (κ1) is 14.0. The number of amides is 2. The Balaban J connectivity index is 3.07. The van der Waals surface area contributed by atoms with E-state index < -0.39 is 11.9 Å². The fourth-order valence-corrected chi connectivity index (χ4v) is 1.72. The van der Waals surface area contributed by atoms with E-state index in [1.54, 1.807) is 18.4 Å². The van der Waals surface area contributed by atoms with Gasteiger partial charge in [-0.1, -0.05) is 31.8 Å². The maximum Gasteiger partial charge on any atom is 0.240 e. The van der Waals surface area contributed by atoms with Crippen molar-refractivity contribution in [3.63, 3.8) is 0 Å². The van der Waals surface area contributed by atoms with Gasteiger partial charge in [0.15, 0.2) is 0 Å². The highest BCUT2D eigenvalue weighted by molar-refractivity contribution is 5.88. The third kappa shape index (κ3) is 3.49. The van der Waals surface area contributed by atoms with E-state index in [9.17, 15) is 9.59 Å². The van der Waals surface area contributed by atoms with Crippen molar-refractivity contribution < 1.29 is 9.59 Å². The molecule has 0 radical (unpaired) electrons. The molecule has 0 aromatic rings. The van der Waals surface area contributed by atoms with Crippen LogP contribution in [0.5, 0.6) is 0 Å². The minimum Gasteiger partial charge on any atom is -0.368 e. The lowest BCUT2D eigenvalue weighted by atomic mass is 10.1. The summed E-state index contributed by atoms with van der Waals surface area (Å²) >= 11 is 0. The molecule has 0 aromatic heterocycles. The Morgan fingerprint density at radius 3 is 2.83 bits per heavy atom. The maximum absolute atomic E-state index is 11.9.